The molecule has 0 bridgehead atoms. The van der Waals surface area contributed by atoms with E-state index in [1.165, 1.54) is 12.1 Å². The number of carbonyl (C=O) groups is 1. The molecule has 0 spiro atoms. The van der Waals surface area contributed by atoms with Gasteiger partial charge in [0.25, 0.3) is 5.91 Å². The van der Waals surface area contributed by atoms with Crippen LogP contribution in [0.1, 0.15) is 44.0 Å². The zero-order valence-electron chi connectivity index (χ0n) is 14.3. The van der Waals surface area contributed by atoms with Gasteiger partial charge < -0.3 is 10.6 Å². The molecule has 130 valence electrons. The summed E-state index contributed by atoms with van der Waals surface area (Å²) in [6, 6.07) is 6.24. The van der Waals surface area contributed by atoms with Crippen molar-refractivity contribution in [1.82, 2.24) is 9.62 Å². The molecule has 6 nitrogen and oxygen atoms in total. The van der Waals surface area contributed by atoms with E-state index in [4.69, 9.17) is 5.73 Å². The number of nitrogens with two attached hydrogens (primary N) is 1. The van der Waals surface area contributed by atoms with E-state index < -0.39 is 15.6 Å². The first-order valence-electron chi connectivity index (χ1n) is 7.73. The van der Waals surface area contributed by atoms with Crippen molar-refractivity contribution in [3.8, 4) is 0 Å². The SMILES string of the molecule is CCCCN(C)C(=O)c1ccccc1S(=O)(=O)NC(C)(C)CN. The van der Waals surface area contributed by atoms with E-state index in [2.05, 4.69) is 4.72 Å². The van der Waals surface area contributed by atoms with Gasteiger partial charge in [-0.25, -0.2) is 13.1 Å². The second-order valence-corrected chi connectivity index (χ2v) is 7.92. The number of benzene rings is 1. The first-order chi connectivity index (χ1) is 10.6. The molecule has 0 atom stereocenters. The van der Waals surface area contributed by atoms with Gasteiger partial charge >= 0.3 is 0 Å². The number of hydrogen-bond donors (Lipinski definition) is 2. The highest BCUT2D eigenvalue weighted by Crippen LogP contribution is 2.19. The van der Waals surface area contributed by atoms with E-state index in [0.717, 1.165) is 12.8 Å². The zero-order chi connectivity index (χ0) is 17.7. The molecule has 1 rings (SSSR count). The lowest BCUT2D eigenvalue weighted by Crippen LogP contribution is -2.49. The van der Waals surface area contributed by atoms with Gasteiger partial charge in [-0.3, -0.25) is 4.79 Å². The Labute approximate surface area is 139 Å². The molecule has 0 fully saturated rings. The van der Waals surface area contributed by atoms with Crippen LogP contribution in [0.4, 0.5) is 0 Å². The Bertz CT molecular complexity index is 642. The van der Waals surface area contributed by atoms with Gasteiger partial charge in [0.05, 0.1) is 10.5 Å². The van der Waals surface area contributed by atoms with Crippen LogP contribution in [0.5, 0.6) is 0 Å². The number of carbonyl (C=O) groups excluding carboxylic acids is 1. The van der Waals surface area contributed by atoms with Crippen LogP contribution in [0.2, 0.25) is 0 Å². The van der Waals surface area contributed by atoms with Crippen LogP contribution >= 0.6 is 0 Å². The van der Waals surface area contributed by atoms with Crippen LogP contribution in [-0.2, 0) is 10.0 Å². The lowest BCUT2D eigenvalue weighted by atomic mass is 10.1. The number of unbranched alkanes of at least 4 members (excludes halogenated alkanes) is 1. The Balaban J connectivity index is 3.17. The van der Waals surface area contributed by atoms with Gasteiger partial charge in [-0.1, -0.05) is 25.5 Å². The van der Waals surface area contributed by atoms with Crippen LogP contribution in [-0.4, -0.2) is 44.9 Å². The molecule has 0 saturated carbocycles. The van der Waals surface area contributed by atoms with Crippen LogP contribution in [0.15, 0.2) is 29.2 Å². The van der Waals surface area contributed by atoms with Crippen molar-refractivity contribution in [2.45, 2.75) is 44.0 Å². The highest BCUT2D eigenvalue weighted by atomic mass is 32.2. The van der Waals surface area contributed by atoms with Gasteiger partial charge in [0.2, 0.25) is 10.0 Å². The lowest BCUT2D eigenvalue weighted by molar-refractivity contribution is 0.0789. The summed E-state index contributed by atoms with van der Waals surface area (Å²) in [6.07, 6.45) is 1.83. The molecule has 0 radical (unpaired) electrons. The third-order valence-electron chi connectivity index (χ3n) is 3.52. The van der Waals surface area contributed by atoms with Crippen LogP contribution in [0, 0.1) is 0 Å². The molecule has 1 amide bonds. The molecular weight excluding hydrogens is 314 g/mol. The Morgan fingerprint density at radius 3 is 2.48 bits per heavy atom. The first kappa shape index (κ1) is 19.6. The fraction of sp³-hybridized carbons (Fsp3) is 0.562. The summed E-state index contributed by atoms with van der Waals surface area (Å²) in [7, 11) is -2.16. The van der Waals surface area contributed by atoms with Crippen LogP contribution in [0.25, 0.3) is 0 Å². The number of nitrogens with zero attached hydrogens (tertiary/aromatic N) is 1. The van der Waals surface area contributed by atoms with E-state index in [-0.39, 0.29) is 22.9 Å². The standard InChI is InChI=1S/C16H27N3O3S/c1-5-6-11-19(4)15(20)13-9-7-8-10-14(13)23(21,22)18-16(2,3)12-17/h7-10,18H,5-6,11-12,17H2,1-4H3. The molecule has 0 unspecified atom stereocenters. The second-order valence-electron chi connectivity index (χ2n) is 6.27. The maximum atomic E-state index is 12.6. The largest absolute Gasteiger partial charge is 0.342 e. The molecule has 0 aliphatic rings. The van der Waals surface area contributed by atoms with Crippen LogP contribution in [0.3, 0.4) is 0 Å². The number of amides is 1. The molecular formula is C16H27N3O3S. The van der Waals surface area contributed by atoms with Gasteiger partial charge in [0, 0.05) is 25.7 Å². The van der Waals surface area contributed by atoms with Gasteiger partial charge in [-0.15, -0.1) is 0 Å². The average molecular weight is 341 g/mol. The maximum Gasteiger partial charge on any atom is 0.254 e. The predicted octanol–water partition coefficient (Wildman–Crippen LogP) is 1.57. The van der Waals surface area contributed by atoms with E-state index in [1.807, 2.05) is 6.92 Å². The topological polar surface area (TPSA) is 92.5 Å². The van der Waals surface area contributed by atoms with Gasteiger partial charge in [-0.05, 0) is 32.4 Å². The quantitative estimate of drug-likeness (QED) is 0.751. The normalized spacial score (nSPS) is 12.2. The van der Waals surface area contributed by atoms with E-state index in [1.54, 1.807) is 37.9 Å². The lowest BCUT2D eigenvalue weighted by Gasteiger charge is -2.25. The maximum absolute atomic E-state index is 12.6. The van der Waals surface area contributed by atoms with Gasteiger partial charge in [0.15, 0.2) is 0 Å². The van der Waals surface area contributed by atoms with Crippen molar-refractivity contribution in [3.05, 3.63) is 29.8 Å². The monoisotopic (exact) mass is 341 g/mol. The van der Waals surface area contributed by atoms with E-state index in [0.29, 0.717) is 6.54 Å². The highest BCUT2D eigenvalue weighted by molar-refractivity contribution is 7.89. The number of hydrogen-bond acceptors (Lipinski definition) is 4. The smallest absolute Gasteiger partial charge is 0.254 e. The predicted molar refractivity (Wildman–Crippen MR) is 91.8 cm³/mol. The van der Waals surface area contributed by atoms with Crippen molar-refractivity contribution in [2.24, 2.45) is 5.73 Å². The molecule has 7 heteroatoms. The molecule has 0 aromatic heterocycles. The molecule has 0 saturated heterocycles. The zero-order valence-corrected chi connectivity index (χ0v) is 15.1. The molecule has 1 aromatic rings. The summed E-state index contributed by atoms with van der Waals surface area (Å²) in [4.78, 5) is 14.1. The Kier molecular flexibility index (Phi) is 6.73. The van der Waals surface area contributed by atoms with E-state index >= 15 is 0 Å². The molecule has 0 aliphatic heterocycles. The fourth-order valence-electron chi connectivity index (χ4n) is 2.04. The number of nitrogens with one attached hydrogen (secondary N) is 1. The van der Waals surface area contributed by atoms with Gasteiger partial charge in [-0.2, -0.15) is 0 Å². The summed E-state index contributed by atoms with van der Waals surface area (Å²) < 4.78 is 27.8. The second kappa shape index (κ2) is 7.90. The minimum absolute atomic E-state index is 0.0186. The first-order valence-corrected chi connectivity index (χ1v) is 9.21. The van der Waals surface area contributed by atoms with Crippen molar-refractivity contribution < 1.29 is 13.2 Å². The molecule has 23 heavy (non-hydrogen) atoms. The summed E-state index contributed by atoms with van der Waals surface area (Å²) in [5.74, 6) is -0.301. The fourth-order valence-corrected chi connectivity index (χ4v) is 3.66. The molecule has 3 N–H and O–H groups in total. The van der Waals surface area contributed by atoms with Crippen molar-refractivity contribution in [2.75, 3.05) is 20.1 Å². The summed E-state index contributed by atoms with van der Waals surface area (Å²) in [5, 5.41) is 0. The average Bonchev–Trinajstić information content (AvgIpc) is 2.51. The summed E-state index contributed by atoms with van der Waals surface area (Å²) >= 11 is 0. The minimum atomic E-state index is -3.84. The van der Waals surface area contributed by atoms with Crippen molar-refractivity contribution in [3.63, 3.8) is 0 Å². The Morgan fingerprint density at radius 1 is 1.30 bits per heavy atom. The third-order valence-corrected chi connectivity index (χ3v) is 5.28. The molecule has 0 aliphatic carbocycles. The van der Waals surface area contributed by atoms with Crippen molar-refractivity contribution in [1.29, 1.82) is 0 Å². The Hall–Kier alpha value is -1.44. The molecule has 0 heterocycles. The minimum Gasteiger partial charge on any atom is -0.342 e. The van der Waals surface area contributed by atoms with Crippen molar-refractivity contribution >= 4 is 15.9 Å². The van der Waals surface area contributed by atoms with Gasteiger partial charge in [0.1, 0.15) is 0 Å². The number of rotatable bonds is 8. The summed E-state index contributed by atoms with van der Waals surface area (Å²) in [6.45, 7) is 6.17. The van der Waals surface area contributed by atoms with Crippen LogP contribution < -0.4 is 10.5 Å². The third kappa shape index (κ3) is 5.30. The highest BCUT2D eigenvalue weighted by Gasteiger charge is 2.29. The van der Waals surface area contributed by atoms with E-state index in [9.17, 15) is 13.2 Å². The summed E-state index contributed by atoms with van der Waals surface area (Å²) in [5.41, 5.74) is 4.97. The number of sulfonamides is 1. The Morgan fingerprint density at radius 2 is 1.91 bits per heavy atom. The molecule has 1 aromatic carbocycles.